The summed E-state index contributed by atoms with van der Waals surface area (Å²) < 4.78 is 0. The quantitative estimate of drug-likeness (QED) is 0.130. The first-order valence-corrected chi connectivity index (χ1v) is 21.6. The summed E-state index contributed by atoms with van der Waals surface area (Å²) in [5.41, 5.74) is 17.9. The fourth-order valence-corrected chi connectivity index (χ4v) is 8.49. The summed E-state index contributed by atoms with van der Waals surface area (Å²) >= 11 is 0. The van der Waals surface area contributed by atoms with Crippen molar-refractivity contribution in [3.05, 3.63) is 266 Å². The highest BCUT2D eigenvalue weighted by Crippen LogP contribution is 2.50. The van der Waals surface area contributed by atoms with Crippen molar-refractivity contribution in [2.75, 3.05) is 9.80 Å². The van der Waals surface area contributed by atoms with Gasteiger partial charge in [-0.15, -0.1) is 0 Å². The normalized spacial score (nSPS) is 10.8. The molecule has 0 aliphatic rings. The summed E-state index contributed by atoms with van der Waals surface area (Å²) in [4.78, 5) is 4.71. The highest BCUT2D eigenvalue weighted by molar-refractivity contribution is 5.99. The lowest BCUT2D eigenvalue weighted by atomic mass is 9.93. The number of hydrogen-bond donors (Lipinski definition) is 0. The van der Waals surface area contributed by atoms with E-state index in [0.29, 0.717) is 5.56 Å². The van der Waals surface area contributed by atoms with Gasteiger partial charge in [-0.2, -0.15) is 5.26 Å². The molecule has 0 atom stereocenters. The van der Waals surface area contributed by atoms with Crippen molar-refractivity contribution in [1.82, 2.24) is 0 Å². The number of anilines is 6. The third kappa shape index (κ3) is 8.20. The minimum Gasteiger partial charge on any atom is -0.310 e. The molecule has 10 aromatic rings. The molecule has 0 N–H and O–H groups in total. The second kappa shape index (κ2) is 18.1. The number of nitrogens with zero attached hydrogens (tertiary/aromatic N) is 3. The van der Waals surface area contributed by atoms with Crippen LogP contribution in [0.25, 0.3) is 55.6 Å². The highest BCUT2D eigenvalue weighted by atomic mass is 15.2. The van der Waals surface area contributed by atoms with Crippen LogP contribution in [-0.2, 0) is 0 Å². The van der Waals surface area contributed by atoms with Gasteiger partial charge in [0, 0.05) is 33.9 Å². The fraction of sp³-hybridized carbons (Fsp3) is 0. The lowest BCUT2D eigenvalue weighted by Gasteiger charge is -2.33. The Balaban J connectivity index is 1.24. The highest BCUT2D eigenvalue weighted by Gasteiger charge is 2.25. The molecule has 3 heteroatoms. The first-order valence-electron chi connectivity index (χ1n) is 21.6. The largest absolute Gasteiger partial charge is 0.310 e. The maximum atomic E-state index is 9.88. The summed E-state index contributed by atoms with van der Waals surface area (Å²) in [5.74, 6) is 0. The molecule has 0 aliphatic heterocycles. The van der Waals surface area contributed by atoms with Crippen LogP contribution in [-0.4, -0.2) is 0 Å². The van der Waals surface area contributed by atoms with Crippen LogP contribution in [0.5, 0.6) is 0 Å². The molecule has 0 heterocycles. The maximum absolute atomic E-state index is 9.88. The molecular weight excluding hydrogens is 775 g/mol. The molecule has 0 unspecified atom stereocenters. The van der Waals surface area contributed by atoms with Gasteiger partial charge in [0.2, 0.25) is 0 Å². The molecule has 302 valence electrons. The summed E-state index contributed by atoms with van der Waals surface area (Å²) in [7, 11) is 0. The van der Waals surface area contributed by atoms with Crippen LogP contribution >= 0.6 is 0 Å². The average molecular weight is 818 g/mol. The second-order valence-corrected chi connectivity index (χ2v) is 15.7. The van der Waals surface area contributed by atoms with Gasteiger partial charge in [-0.3, -0.25) is 0 Å². The molecule has 0 aliphatic carbocycles. The SMILES string of the molecule is N#Cc1ccc(N(c2ccc(-c3ccccc3)cc2)c2cc(N(c3ccc(-c4ccccc4)cc3)c3ccc(-c4ccccc4)cc3)c(-c3ccccc3)cc2-c2ccccc2)cc1. The monoisotopic (exact) mass is 817 g/mol. The zero-order chi connectivity index (χ0) is 43.1. The van der Waals surface area contributed by atoms with Crippen LogP contribution in [0.3, 0.4) is 0 Å². The molecule has 0 fully saturated rings. The minimum absolute atomic E-state index is 0.607. The Morgan fingerprint density at radius 2 is 0.500 bits per heavy atom. The fourth-order valence-electron chi connectivity index (χ4n) is 8.49. The van der Waals surface area contributed by atoms with Crippen molar-refractivity contribution < 1.29 is 0 Å². The molecule has 10 rings (SSSR count). The lowest BCUT2D eigenvalue weighted by molar-refractivity contribution is 1.25. The van der Waals surface area contributed by atoms with E-state index in [1.165, 1.54) is 11.1 Å². The number of benzene rings is 10. The summed E-state index contributed by atoms with van der Waals surface area (Å²) in [6, 6.07) is 94.4. The van der Waals surface area contributed by atoms with Crippen LogP contribution in [0.2, 0.25) is 0 Å². The van der Waals surface area contributed by atoms with Gasteiger partial charge in [0.25, 0.3) is 0 Å². The van der Waals surface area contributed by atoms with Crippen LogP contribution in [0.1, 0.15) is 5.56 Å². The van der Waals surface area contributed by atoms with Crippen molar-refractivity contribution in [3.8, 4) is 61.7 Å². The predicted octanol–water partition coefficient (Wildman–Crippen LogP) is 16.8. The van der Waals surface area contributed by atoms with E-state index in [9.17, 15) is 5.26 Å². The standard InChI is InChI=1S/C61H43N3/c62-44-45-26-34-54(35-27-45)63(55-36-28-49(29-37-55)46-16-6-1-7-17-46)60-43-61(59(53-24-14-5-15-25-53)42-58(60)52-22-12-4-13-23-52)64(56-38-30-50(31-39-56)47-18-8-2-9-19-47)57-40-32-51(33-41-57)48-20-10-3-11-21-48/h1-43H. The molecule has 0 bridgehead atoms. The molecule has 10 aromatic carbocycles. The van der Waals surface area contributed by atoms with Crippen molar-refractivity contribution in [2.45, 2.75) is 0 Å². The molecule has 0 saturated carbocycles. The van der Waals surface area contributed by atoms with Crippen LogP contribution in [0.4, 0.5) is 34.1 Å². The predicted molar refractivity (Wildman–Crippen MR) is 268 cm³/mol. The van der Waals surface area contributed by atoms with Gasteiger partial charge in [0.05, 0.1) is 23.0 Å². The third-order valence-electron chi connectivity index (χ3n) is 11.7. The first kappa shape index (κ1) is 39.4. The average Bonchev–Trinajstić information content (AvgIpc) is 3.39. The summed E-state index contributed by atoms with van der Waals surface area (Å²) in [6.07, 6.45) is 0. The van der Waals surface area contributed by atoms with Gasteiger partial charge in [-0.25, -0.2) is 0 Å². The molecule has 0 amide bonds. The molecule has 0 saturated heterocycles. The van der Waals surface area contributed by atoms with Gasteiger partial charge in [0.1, 0.15) is 0 Å². The topological polar surface area (TPSA) is 30.3 Å². The van der Waals surface area contributed by atoms with E-state index in [4.69, 9.17) is 0 Å². The number of hydrogen-bond acceptors (Lipinski definition) is 3. The Hall–Kier alpha value is -8.71. The molecule has 0 aromatic heterocycles. The lowest BCUT2D eigenvalue weighted by Crippen LogP contribution is -2.15. The van der Waals surface area contributed by atoms with E-state index in [1.807, 2.05) is 30.3 Å². The van der Waals surface area contributed by atoms with Gasteiger partial charge in [0.15, 0.2) is 0 Å². The van der Waals surface area contributed by atoms with E-state index < -0.39 is 0 Å². The first-order chi connectivity index (χ1) is 31.7. The Morgan fingerprint density at radius 3 is 0.781 bits per heavy atom. The smallest absolute Gasteiger partial charge is 0.0991 e. The van der Waals surface area contributed by atoms with Gasteiger partial charge in [-0.1, -0.05) is 188 Å². The summed E-state index contributed by atoms with van der Waals surface area (Å²) in [6.45, 7) is 0. The van der Waals surface area contributed by atoms with Gasteiger partial charge < -0.3 is 9.80 Å². The van der Waals surface area contributed by atoms with Crippen LogP contribution < -0.4 is 9.80 Å². The minimum atomic E-state index is 0.607. The Morgan fingerprint density at radius 1 is 0.250 bits per heavy atom. The van der Waals surface area contributed by atoms with Gasteiger partial charge >= 0.3 is 0 Å². The van der Waals surface area contributed by atoms with Crippen molar-refractivity contribution >= 4 is 34.1 Å². The van der Waals surface area contributed by atoms with Crippen LogP contribution in [0, 0.1) is 11.3 Å². The molecule has 3 nitrogen and oxygen atoms in total. The Labute approximate surface area is 375 Å². The number of rotatable bonds is 11. The Bertz CT molecular complexity index is 3060. The van der Waals surface area contributed by atoms with E-state index >= 15 is 0 Å². The second-order valence-electron chi connectivity index (χ2n) is 15.7. The zero-order valence-electron chi connectivity index (χ0n) is 35.2. The van der Waals surface area contributed by atoms with Crippen molar-refractivity contribution in [2.24, 2.45) is 0 Å². The maximum Gasteiger partial charge on any atom is 0.0991 e. The molecular formula is C61H43N3. The van der Waals surface area contributed by atoms with Crippen LogP contribution in [0.15, 0.2) is 261 Å². The Kier molecular flexibility index (Phi) is 11.2. The zero-order valence-corrected chi connectivity index (χ0v) is 35.2. The van der Waals surface area contributed by atoms with E-state index in [2.05, 4.69) is 246 Å². The van der Waals surface area contributed by atoms with Gasteiger partial charge in [-0.05, 0) is 117 Å². The summed E-state index contributed by atoms with van der Waals surface area (Å²) in [5, 5.41) is 9.88. The van der Waals surface area contributed by atoms with Crippen molar-refractivity contribution in [3.63, 3.8) is 0 Å². The molecule has 0 spiro atoms. The van der Waals surface area contributed by atoms with Crippen molar-refractivity contribution in [1.29, 1.82) is 5.26 Å². The molecule has 0 radical (unpaired) electrons. The van der Waals surface area contributed by atoms with E-state index in [-0.39, 0.29) is 0 Å². The number of nitriles is 1. The van der Waals surface area contributed by atoms with E-state index in [0.717, 1.165) is 78.6 Å². The van der Waals surface area contributed by atoms with E-state index in [1.54, 1.807) is 0 Å². The molecule has 64 heavy (non-hydrogen) atoms. The third-order valence-corrected chi connectivity index (χ3v) is 11.7.